The highest BCUT2D eigenvalue weighted by Crippen LogP contribution is 2.65. The van der Waals surface area contributed by atoms with Crippen LogP contribution in [-0.4, -0.2) is 49.0 Å². The number of halogens is 1. The molecule has 1 N–H and O–H groups in total. The van der Waals surface area contributed by atoms with Crippen LogP contribution in [0.2, 0.25) is 0 Å². The van der Waals surface area contributed by atoms with Crippen LogP contribution in [0.25, 0.3) is 0 Å². The summed E-state index contributed by atoms with van der Waals surface area (Å²) in [5.41, 5.74) is 2.92. The van der Waals surface area contributed by atoms with Crippen molar-refractivity contribution in [1.29, 1.82) is 0 Å². The van der Waals surface area contributed by atoms with E-state index in [-0.39, 0.29) is 35.5 Å². The van der Waals surface area contributed by atoms with Gasteiger partial charge in [-0.1, -0.05) is 17.7 Å². The van der Waals surface area contributed by atoms with Crippen LogP contribution in [-0.2, 0) is 9.47 Å². The Morgan fingerprint density at radius 2 is 2.17 bits per heavy atom. The first-order chi connectivity index (χ1) is 10.7. The Morgan fingerprint density at radius 1 is 1.35 bits per heavy atom. The number of nitrogens with zero attached hydrogens (tertiary/aromatic N) is 1. The third-order valence-corrected chi connectivity index (χ3v) is 6.69. The van der Waals surface area contributed by atoms with E-state index >= 15 is 0 Å². The van der Waals surface area contributed by atoms with Crippen molar-refractivity contribution in [3.05, 3.63) is 34.8 Å². The van der Waals surface area contributed by atoms with Crippen LogP contribution >= 0.6 is 24.0 Å². The van der Waals surface area contributed by atoms with Gasteiger partial charge in [-0.2, -0.15) is 0 Å². The zero-order chi connectivity index (χ0) is 15.1. The van der Waals surface area contributed by atoms with E-state index in [1.807, 2.05) is 6.08 Å². The third-order valence-electron chi connectivity index (χ3n) is 6.69. The summed E-state index contributed by atoms with van der Waals surface area (Å²) in [5, 5.41) is 10.6. The molecule has 3 aliphatic carbocycles. The maximum Gasteiger partial charge on any atom is 0.161 e. The summed E-state index contributed by atoms with van der Waals surface area (Å²) in [5.74, 6) is 2.39. The fourth-order valence-corrected chi connectivity index (χ4v) is 5.72. The SMILES string of the molecule is COC1=C2O[C@H]3[C@@H](O)C=C[C@H]4[C@H]5CC(=C2[C@]43CCN5C)CC1.I. The van der Waals surface area contributed by atoms with E-state index in [1.54, 1.807) is 12.7 Å². The van der Waals surface area contributed by atoms with Crippen molar-refractivity contribution in [2.24, 2.45) is 11.3 Å². The molecule has 5 atom stereocenters. The lowest BCUT2D eigenvalue weighted by molar-refractivity contribution is -0.0799. The molecule has 0 saturated carbocycles. The summed E-state index contributed by atoms with van der Waals surface area (Å²) >= 11 is 0. The van der Waals surface area contributed by atoms with Gasteiger partial charge >= 0.3 is 0 Å². The molecule has 5 rings (SSSR count). The summed E-state index contributed by atoms with van der Waals surface area (Å²) in [6, 6.07) is 0.547. The van der Waals surface area contributed by atoms with Gasteiger partial charge in [0.15, 0.2) is 5.76 Å². The molecule has 5 heteroatoms. The second kappa shape index (κ2) is 5.23. The Bertz CT molecular complexity index is 640. The van der Waals surface area contributed by atoms with Gasteiger partial charge in [-0.3, -0.25) is 0 Å². The maximum atomic E-state index is 10.6. The third kappa shape index (κ3) is 1.79. The normalized spacial score (nSPS) is 43.8. The maximum absolute atomic E-state index is 10.6. The van der Waals surface area contributed by atoms with Gasteiger partial charge in [0.25, 0.3) is 0 Å². The Kier molecular flexibility index (Phi) is 3.63. The quantitative estimate of drug-likeness (QED) is 0.514. The van der Waals surface area contributed by atoms with Crippen LogP contribution in [0.5, 0.6) is 0 Å². The first-order valence-corrected chi connectivity index (χ1v) is 8.40. The van der Waals surface area contributed by atoms with Crippen molar-refractivity contribution in [3.63, 3.8) is 0 Å². The van der Waals surface area contributed by atoms with E-state index in [2.05, 4.69) is 18.0 Å². The van der Waals surface area contributed by atoms with Crippen LogP contribution in [0.1, 0.15) is 25.7 Å². The molecule has 0 radical (unpaired) electrons. The number of methoxy groups -OCH3 is 1. The summed E-state index contributed by atoms with van der Waals surface area (Å²) < 4.78 is 12.0. The Labute approximate surface area is 154 Å². The number of aliphatic hydroxyl groups is 1. The number of hydrogen-bond donors (Lipinski definition) is 1. The van der Waals surface area contributed by atoms with E-state index in [0.29, 0.717) is 12.0 Å². The average molecular weight is 429 g/mol. The molecule has 2 bridgehead atoms. The predicted octanol–water partition coefficient (Wildman–Crippen LogP) is 2.59. The van der Waals surface area contributed by atoms with Crippen molar-refractivity contribution in [2.75, 3.05) is 20.7 Å². The molecule has 2 saturated heterocycles. The second-order valence-electron chi connectivity index (χ2n) is 7.42. The minimum absolute atomic E-state index is 0. The lowest BCUT2D eigenvalue weighted by Crippen LogP contribution is -2.61. The molecule has 4 nitrogen and oxygen atoms in total. The number of hydrogen-bond acceptors (Lipinski definition) is 4. The van der Waals surface area contributed by atoms with E-state index in [0.717, 1.165) is 43.7 Å². The first kappa shape index (κ1) is 16.0. The fourth-order valence-electron chi connectivity index (χ4n) is 5.72. The molecule has 2 fully saturated rings. The molecular weight excluding hydrogens is 405 g/mol. The van der Waals surface area contributed by atoms with E-state index in [1.165, 1.54) is 5.57 Å². The van der Waals surface area contributed by atoms with Crippen molar-refractivity contribution < 1.29 is 14.6 Å². The highest BCUT2D eigenvalue weighted by molar-refractivity contribution is 14.0. The number of piperidine rings is 1. The van der Waals surface area contributed by atoms with E-state index < -0.39 is 6.10 Å². The monoisotopic (exact) mass is 429 g/mol. The number of allylic oxidation sites excluding steroid dienone is 2. The van der Waals surface area contributed by atoms with Gasteiger partial charge in [0.2, 0.25) is 0 Å². The first-order valence-electron chi connectivity index (χ1n) is 8.40. The molecule has 2 heterocycles. The lowest BCUT2D eigenvalue weighted by atomic mass is 9.52. The highest BCUT2D eigenvalue weighted by Gasteiger charge is 2.65. The van der Waals surface area contributed by atoms with E-state index in [4.69, 9.17) is 9.47 Å². The molecule has 126 valence electrons. The average Bonchev–Trinajstić information content (AvgIpc) is 2.88. The number of aliphatic hydroxyl groups excluding tert-OH is 1. The molecule has 0 unspecified atom stereocenters. The van der Waals surface area contributed by atoms with Crippen molar-refractivity contribution in [1.82, 2.24) is 4.90 Å². The minimum Gasteiger partial charge on any atom is -0.497 e. The molecule has 1 spiro atoms. The standard InChI is InChI=1S/C18H23NO3.HI/c1-19-8-7-18-11-4-5-13(20)17(18)22-16-14(21-2)6-3-10(15(16)18)9-12(11)19;/h4-5,11-13,17,20H,3,6-9H2,1-2H3;1H/t11-,12+,13-,17-,18-;/m0./s1. The largest absolute Gasteiger partial charge is 0.497 e. The van der Waals surface area contributed by atoms with Crippen molar-refractivity contribution in [2.45, 2.75) is 43.9 Å². The molecule has 23 heavy (non-hydrogen) atoms. The van der Waals surface area contributed by atoms with Crippen LogP contribution in [0.15, 0.2) is 34.8 Å². The fraction of sp³-hybridized carbons (Fsp3) is 0.667. The van der Waals surface area contributed by atoms with Gasteiger partial charge in [0.05, 0.1) is 7.11 Å². The van der Waals surface area contributed by atoms with Gasteiger partial charge in [0.1, 0.15) is 18.0 Å². The zero-order valence-electron chi connectivity index (χ0n) is 13.6. The molecule has 2 aliphatic heterocycles. The van der Waals surface area contributed by atoms with Crippen LogP contribution < -0.4 is 0 Å². The van der Waals surface area contributed by atoms with Gasteiger partial charge in [-0.15, -0.1) is 24.0 Å². The van der Waals surface area contributed by atoms with E-state index in [9.17, 15) is 5.11 Å². The van der Waals surface area contributed by atoms with Crippen LogP contribution in [0, 0.1) is 11.3 Å². The highest BCUT2D eigenvalue weighted by atomic mass is 127. The Hall–Kier alpha value is -0.530. The van der Waals surface area contributed by atoms with Crippen molar-refractivity contribution >= 4 is 24.0 Å². The van der Waals surface area contributed by atoms with Crippen molar-refractivity contribution in [3.8, 4) is 0 Å². The van der Waals surface area contributed by atoms with Gasteiger partial charge < -0.3 is 19.5 Å². The van der Waals surface area contributed by atoms with Crippen LogP contribution in [0.3, 0.4) is 0 Å². The Balaban J connectivity index is 0.00000135. The molecule has 0 aromatic heterocycles. The van der Waals surface area contributed by atoms with Crippen LogP contribution in [0.4, 0.5) is 0 Å². The summed E-state index contributed by atoms with van der Waals surface area (Å²) in [7, 11) is 3.98. The molecule has 0 amide bonds. The number of ether oxygens (including phenoxy) is 2. The zero-order valence-corrected chi connectivity index (χ0v) is 15.9. The Morgan fingerprint density at radius 3 is 2.96 bits per heavy atom. The molecule has 0 aromatic carbocycles. The molecular formula is C18H24INO3. The smallest absolute Gasteiger partial charge is 0.161 e. The van der Waals surface area contributed by atoms with Gasteiger partial charge in [-0.05, 0) is 32.9 Å². The predicted molar refractivity (Wildman–Crippen MR) is 97.3 cm³/mol. The number of rotatable bonds is 1. The van der Waals surface area contributed by atoms with Gasteiger partial charge in [-0.25, -0.2) is 0 Å². The minimum atomic E-state index is -0.511. The summed E-state index contributed by atoms with van der Waals surface area (Å²) in [4.78, 5) is 2.51. The molecule has 5 aliphatic rings. The number of likely N-dealkylation sites (tertiary alicyclic amines) is 1. The summed E-state index contributed by atoms with van der Waals surface area (Å²) in [6.45, 7) is 1.08. The molecule has 0 aromatic rings. The van der Waals surface area contributed by atoms with Gasteiger partial charge in [0, 0.05) is 29.4 Å². The second-order valence-corrected chi connectivity index (χ2v) is 7.42. The topological polar surface area (TPSA) is 41.9 Å². The summed E-state index contributed by atoms with van der Waals surface area (Å²) in [6.07, 6.45) is 7.78. The lowest BCUT2D eigenvalue weighted by Gasteiger charge is -2.56.